The molecule has 8 heteroatoms. The number of carbonyl (C=O) groups excluding carboxylic acids is 2. The fraction of sp³-hybridized carbons (Fsp3) is 0.412. The SMILES string of the molecule is CC(C(=O)N1CCCN(c2ncccc2C(N)=O)CC1)n1cccn1. The number of carbonyl (C=O) groups is 2. The van der Waals surface area contributed by atoms with Crippen LogP contribution in [0.3, 0.4) is 0 Å². The Morgan fingerprint density at radius 1 is 1.16 bits per heavy atom. The predicted molar refractivity (Wildman–Crippen MR) is 93.1 cm³/mol. The van der Waals surface area contributed by atoms with E-state index in [0.717, 1.165) is 13.0 Å². The van der Waals surface area contributed by atoms with Crippen molar-refractivity contribution in [3.63, 3.8) is 0 Å². The van der Waals surface area contributed by atoms with Crippen LogP contribution in [0.15, 0.2) is 36.8 Å². The van der Waals surface area contributed by atoms with E-state index < -0.39 is 5.91 Å². The lowest BCUT2D eigenvalue weighted by Crippen LogP contribution is -2.39. The van der Waals surface area contributed by atoms with Crippen LogP contribution in [-0.2, 0) is 4.79 Å². The Labute approximate surface area is 146 Å². The van der Waals surface area contributed by atoms with Gasteiger partial charge in [-0.05, 0) is 31.5 Å². The summed E-state index contributed by atoms with van der Waals surface area (Å²) in [6.07, 6.45) is 5.90. The molecule has 0 radical (unpaired) electrons. The van der Waals surface area contributed by atoms with Gasteiger partial charge in [-0.1, -0.05) is 0 Å². The van der Waals surface area contributed by atoms with Gasteiger partial charge in [0, 0.05) is 44.8 Å². The van der Waals surface area contributed by atoms with E-state index in [0.29, 0.717) is 31.0 Å². The van der Waals surface area contributed by atoms with Crippen LogP contribution >= 0.6 is 0 Å². The molecule has 1 atom stereocenters. The van der Waals surface area contributed by atoms with Gasteiger partial charge >= 0.3 is 0 Å². The topological polar surface area (TPSA) is 97.4 Å². The second-order valence-electron chi connectivity index (χ2n) is 6.07. The van der Waals surface area contributed by atoms with E-state index in [1.165, 1.54) is 0 Å². The molecule has 3 rings (SSSR count). The lowest BCUT2D eigenvalue weighted by Gasteiger charge is -2.25. The van der Waals surface area contributed by atoms with Crippen molar-refractivity contribution in [3.8, 4) is 0 Å². The molecule has 2 aromatic heterocycles. The van der Waals surface area contributed by atoms with Crippen molar-refractivity contribution >= 4 is 17.6 Å². The quantitative estimate of drug-likeness (QED) is 0.881. The van der Waals surface area contributed by atoms with Crippen LogP contribution in [0.5, 0.6) is 0 Å². The third-order valence-corrected chi connectivity index (χ3v) is 4.44. The minimum Gasteiger partial charge on any atom is -0.365 e. The second kappa shape index (κ2) is 7.33. The maximum absolute atomic E-state index is 12.7. The lowest BCUT2D eigenvalue weighted by molar-refractivity contribution is -0.134. The average Bonchev–Trinajstić information content (AvgIpc) is 3.05. The standard InChI is InChI=1S/C17H22N6O2/c1-13(23-10-3-7-20-23)17(25)22-9-4-8-21(11-12-22)16-14(15(18)24)5-2-6-19-16/h2-3,5-7,10,13H,4,8-9,11-12H2,1H3,(H2,18,24). The van der Waals surface area contributed by atoms with E-state index in [1.807, 2.05) is 16.7 Å². The number of aromatic nitrogens is 3. The Morgan fingerprint density at radius 2 is 2.00 bits per heavy atom. The van der Waals surface area contributed by atoms with Crippen molar-refractivity contribution in [2.45, 2.75) is 19.4 Å². The Kier molecular flexibility index (Phi) is 4.97. The molecular formula is C17H22N6O2. The molecule has 2 N–H and O–H groups in total. The number of primary amides is 1. The fourth-order valence-corrected chi connectivity index (χ4v) is 3.08. The van der Waals surface area contributed by atoms with Gasteiger partial charge in [0.1, 0.15) is 11.9 Å². The molecule has 8 nitrogen and oxygen atoms in total. The van der Waals surface area contributed by atoms with Gasteiger partial charge in [0.05, 0.1) is 5.56 Å². The van der Waals surface area contributed by atoms with Gasteiger partial charge in [0.2, 0.25) is 5.91 Å². The first-order chi connectivity index (χ1) is 12.1. The van der Waals surface area contributed by atoms with E-state index in [1.54, 1.807) is 41.5 Å². The van der Waals surface area contributed by atoms with Gasteiger partial charge in [-0.3, -0.25) is 14.3 Å². The molecule has 2 amide bonds. The van der Waals surface area contributed by atoms with Crippen LogP contribution in [0.1, 0.15) is 29.7 Å². The number of amides is 2. The minimum absolute atomic E-state index is 0.0432. The van der Waals surface area contributed by atoms with Crippen LogP contribution in [0.25, 0.3) is 0 Å². The van der Waals surface area contributed by atoms with E-state index in [-0.39, 0.29) is 11.9 Å². The second-order valence-corrected chi connectivity index (χ2v) is 6.07. The average molecular weight is 342 g/mol. The Hall–Kier alpha value is -2.90. The van der Waals surface area contributed by atoms with Crippen molar-refractivity contribution in [1.29, 1.82) is 0 Å². The van der Waals surface area contributed by atoms with Crippen molar-refractivity contribution in [3.05, 3.63) is 42.4 Å². The van der Waals surface area contributed by atoms with Crippen molar-refractivity contribution in [2.24, 2.45) is 5.73 Å². The molecule has 0 saturated carbocycles. The van der Waals surface area contributed by atoms with Crippen LogP contribution < -0.4 is 10.6 Å². The molecule has 2 aromatic rings. The van der Waals surface area contributed by atoms with Crippen LogP contribution in [-0.4, -0.2) is 57.7 Å². The summed E-state index contributed by atoms with van der Waals surface area (Å²) in [6.45, 7) is 4.41. The summed E-state index contributed by atoms with van der Waals surface area (Å²) in [6, 6.07) is 4.85. The van der Waals surface area contributed by atoms with Crippen molar-refractivity contribution < 1.29 is 9.59 Å². The zero-order chi connectivity index (χ0) is 17.8. The Bertz CT molecular complexity index is 745. The molecule has 0 aliphatic carbocycles. The summed E-state index contributed by atoms with van der Waals surface area (Å²) < 4.78 is 1.66. The molecule has 3 heterocycles. The number of anilines is 1. The summed E-state index contributed by atoms with van der Waals surface area (Å²) in [5.41, 5.74) is 5.86. The highest BCUT2D eigenvalue weighted by Gasteiger charge is 2.26. The highest BCUT2D eigenvalue weighted by Crippen LogP contribution is 2.19. The Balaban J connectivity index is 1.71. The molecule has 0 aromatic carbocycles. The van der Waals surface area contributed by atoms with E-state index in [2.05, 4.69) is 10.1 Å². The van der Waals surface area contributed by atoms with Gasteiger partial charge in [-0.25, -0.2) is 4.98 Å². The van der Waals surface area contributed by atoms with Crippen LogP contribution in [0.4, 0.5) is 5.82 Å². The first-order valence-electron chi connectivity index (χ1n) is 8.35. The molecule has 132 valence electrons. The summed E-state index contributed by atoms with van der Waals surface area (Å²) >= 11 is 0. The lowest BCUT2D eigenvalue weighted by atomic mass is 10.2. The zero-order valence-electron chi connectivity index (χ0n) is 14.2. The zero-order valence-corrected chi connectivity index (χ0v) is 14.2. The monoisotopic (exact) mass is 342 g/mol. The first kappa shape index (κ1) is 16.9. The molecule has 25 heavy (non-hydrogen) atoms. The fourth-order valence-electron chi connectivity index (χ4n) is 3.08. The molecule has 1 aliphatic rings. The third-order valence-electron chi connectivity index (χ3n) is 4.44. The molecule has 1 saturated heterocycles. The molecule has 1 unspecified atom stereocenters. The van der Waals surface area contributed by atoms with E-state index >= 15 is 0 Å². The first-order valence-corrected chi connectivity index (χ1v) is 8.35. The normalized spacial score (nSPS) is 16.4. The van der Waals surface area contributed by atoms with Gasteiger partial charge in [0.25, 0.3) is 5.91 Å². The minimum atomic E-state index is -0.493. The number of pyridine rings is 1. The molecule has 0 bridgehead atoms. The number of rotatable bonds is 4. The highest BCUT2D eigenvalue weighted by molar-refractivity contribution is 5.97. The van der Waals surface area contributed by atoms with Crippen molar-refractivity contribution in [1.82, 2.24) is 19.7 Å². The summed E-state index contributed by atoms with van der Waals surface area (Å²) in [5.74, 6) is 0.138. The van der Waals surface area contributed by atoms with Gasteiger partial charge < -0.3 is 15.5 Å². The number of nitrogens with zero attached hydrogens (tertiary/aromatic N) is 5. The summed E-state index contributed by atoms with van der Waals surface area (Å²) in [7, 11) is 0. The number of nitrogens with two attached hydrogens (primary N) is 1. The maximum Gasteiger partial charge on any atom is 0.252 e. The van der Waals surface area contributed by atoms with Crippen molar-refractivity contribution in [2.75, 3.05) is 31.1 Å². The molecule has 0 spiro atoms. The van der Waals surface area contributed by atoms with Crippen LogP contribution in [0, 0.1) is 0 Å². The van der Waals surface area contributed by atoms with Crippen LogP contribution in [0.2, 0.25) is 0 Å². The summed E-state index contributed by atoms with van der Waals surface area (Å²) in [5, 5.41) is 4.15. The smallest absolute Gasteiger partial charge is 0.252 e. The molecule has 1 fully saturated rings. The third kappa shape index (κ3) is 3.62. The van der Waals surface area contributed by atoms with Gasteiger partial charge in [0.15, 0.2) is 0 Å². The predicted octanol–water partition coefficient (Wildman–Crippen LogP) is 0.677. The maximum atomic E-state index is 12.7. The summed E-state index contributed by atoms with van der Waals surface area (Å²) in [4.78, 5) is 32.5. The number of hydrogen-bond donors (Lipinski definition) is 1. The molecular weight excluding hydrogens is 320 g/mol. The van der Waals surface area contributed by atoms with Gasteiger partial charge in [-0.2, -0.15) is 5.10 Å². The number of hydrogen-bond acceptors (Lipinski definition) is 5. The van der Waals surface area contributed by atoms with E-state index in [9.17, 15) is 9.59 Å². The van der Waals surface area contributed by atoms with Gasteiger partial charge in [-0.15, -0.1) is 0 Å². The Morgan fingerprint density at radius 3 is 2.72 bits per heavy atom. The largest absolute Gasteiger partial charge is 0.365 e. The van der Waals surface area contributed by atoms with E-state index in [4.69, 9.17) is 5.73 Å². The highest BCUT2D eigenvalue weighted by atomic mass is 16.2. The molecule has 1 aliphatic heterocycles.